The molecule has 7 nitrogen and oxygen atoms in total. The van der Waals surface area contributed by atoms with Gasteiger partial charge >= 0.3 is 0 Å². The minimum absolute atomic E-state index is 0.0976. The van der Waals surface area contributed by atoms with Crippen molar-refractivity contribution in [2.24, 2.45) is 5.92 Å². The molecular weight excluding hydrogens is 320 g/mol. The third-order valence-corrected chi connectivity index (χ3v) is 3.54. The third kappa shape index (κ3) is 4.89. The summed E-state index contributed by atoms with van der Waals surface area (Å²) in [5, 5.41) is 16.0. The maximum Gasteiger partial charge on any atom is 0.251 e. The zero-order chi connectivity index (χ0) is 18.6. The van der Waals surface area contributed by atoms with Gasteiger partial charge in [0, 0.05) is 32.3 Å². The van der Waals surface area contributed by atoms with Gasteiger partial charge < -0.3 is 9.94 Å². The SMILES string of the molecule is CC(C)C(=O)C(Oc1ccc(C=[N+]([O-])C(C)(C)C)cc1)n1cncn1. The van der Waals surface area contributed by atoms with Crippen LogP contribution in [0.2, 0.25) is 0 Å². The van der Waals surface area contributed by atoms with Crippen LogP contribution in [0.1, 0.15) is 46.4 Å². The minimum Gasteiger partial charge on any atom is -0.623 e. The van der Waals surface area contributed by atoms with Gasteiger partial charge in [0.05, 0.1) is 0 Å². The van der Waals surface area contributed by atoms with Gasteiger partial charge in [-0.05, 0) is 24.3 Å². The van der Waals surface area contributed by atoms with Crippen LogP contribution < -0.4 is 4.74 Å². The highest BCUT2D eigenvalue weighted by atomic mass is 16.5. The highest BCUT2D eigenvalue weighted by Gasteiger charge is 2.25. The fraction of sp³-hybridized carbons (Fsp3) is 0.444. The molecule has 0 N–H and O–H groups in total. The smallest absolute Gasteiger partial charge is 0.251 e. The minimum atomic E-state index is -0.872. The van der Waals surface area contributed by atoms with Crippen molar-refractivity contribution in [2.75, 3.05) is 0 Å². The number of rotatable bonds is 6. The molecule has 2 rings (SSSR count). The van der Waals surface area contributed by atoms with Crippen LogP contribution in [0.3, 0.4) is 0 Å². The number of nitrogens with zero attached hydrogens (tertiary/aromatic N) is 4. The lowest BCUT2D eigenvalue weighted by Gasteiger charge is -2.20. The van der Waals surface area contributed by atoms with Gasteiger partial charge in [0.1, 0.15) is 18.4 Å². The van der Waals surface area contributed by atoms with Gasteiger partial charge in [0.2, 0.25) is 0 Å². The molecule has 1 aromatic heterocycles. The van der Waals surface area contributed by atoms with Gasteiger partial charge in [0.15, 0.2) is 17.5 Å². The molecule has 0 aliphatic heterocycles. The monoisotopic (exact) mass is 344 g/mol. The largest absolute Gasteiger partial charge is 0.623 e. The number of Topliss-reactive ketones (excluding diaryl/α,β-unsaturated/α-hetero) is 1. The summed E-state index contributed by atoms with van der Waals surface area (Å²) < 4.78 is 8.11. The molecular formula is C18H24N4O3. The number of carbonyl (C=O) groups excluding carboxylic acids is 1. The van der Waals surface area contributed by atoms with Crippen molar-refractivity contribution in [3.63, 3.8) is 0 Å². The summed E-state index contributed by atoms with van der Waals surface area (Å²) >= 11 is 0. The van der Waals surface area contributed by atoms with Gasteiger partial charge in [-0.1, -0.05) is 13.8 Å². The second-order valence-corrected chi connectivity index (χ2v) is 7.10. The van der Waals surface area contributed by atoms with E-state index in [2.05, 4.69) is 10.1 Å². The maximum atomic E-state index is 12.4. The van der Waals surface area contributed by atoms with Crippen LogP contribution in [0.15, 0.2) is 36.9 Å². The Morgan fingerprint density at radius 2 is 1.92 bits per heavy atom. The molecule has 7 heteroatoms. The molecule has 25 heavy (non-hydrogen) atoms. The predicted octanol–water partition coefficient (Wildman–Crippen LogP) is 2.81. The van der Waals surface area contributed by atoms with Crippen molar-refractivity contribution in [3.8, 4) is 5.75 Å². The molecule has 2 aromatic rings. The van der Waals surface area contributed by atoms with E-state index in [0.717, 1.165) is 10.3 Å². The Kier molecular flexibility index (Phi) is 5.56. The normalized spacial score (nSPS) is 13.8. The van der Waals surface area contributed by atoms with Crippen molar-refractivity contribution in [1.82, 2.24) is 14.8 Å². The van der Waals surface area contributed by atoms with Crippen LogP contribution >= 0.6 is 0 Å². The summed E-state index contributed by atoms with van der Waals surface area (Å²) in [5.41, 5.74) is 0.251. The van der Waals surface area contributed by atoms with Crippen LogP contribution in [0.4, 0.5) is 0 Å². The lowest BCUT2D eigenvalue weighted by Crippen LogP contribution is -2.29. The van der Waals surface area contributed by atoms with Gasteiger partial charge in [-0.3, -0.25) is 4.79 Å². The van der Waals surface area contributed by atoms with E-state index in [0.29, 0.717) is 5.75 Å². The van der Waals surface area contributed by atoms with Crippen molar-refractivity contribution in [2.45, 2.75) is 46.4 Å². The van der Waals surface area contributed by atoms with Crippen molar-refractivity contribution >= 4 is 12.0 Å². The molecule has 1 atom stereocenters. The van der Waals surface area contributed by atoms with E-state index >= 15 is 0 Å². The lowest BCUT2D eigenvalue weighted by molar-refractivity contribution is -0.530. The van der Waals surface area contributed by atoms with Gasteiger partial charge in [-0.15, -0.1) is 0 Å². The van der Waals surface area contributed by atoms with Crippen molar-refractivity contribution in [3.05, 3.63) is 47.7 Å². The highest BCUT2D eigenvalue weighted by molar-refractivity contribution is 5.83. The standard InChI is InChI=1S/C18H24N4O3/c1-13(2)16(23)17(21-12-19-11-20-21)25-15-8-6-14(7-9-15)10-22(24)18(3,4)5/h6-13,17H,1-5H3. The van der Waals surface area contributed by atoms with E-state index in [4.69, 9.17) is 4.74 Å². The van der Waals surface area contributed by atoms with Crippen molar-refractivity contribution in [1.29, 1.82) is 0 Å². The maximum absolute atomic E-state index is 12.4. The molecule has 1 heterocycles. The summed E-state index contributed by atoms with van der Waals surface area (Å²) in [6.45, 7) is 9.14. The number of hydrogen-bond acceptors (Lipinski definition) is 5. The van der Waals surface area contributed by atoms with Gasteiger partial charge in [-0.2, -0.15) is 5.10 Å². The molecule has 0 saturated heterocycles. The fourth-order valence-corrected chi connectivity index (χ4v) is 1.96. The Balaban J connectivity index is 2.19. The molecule has 0 fully saturated rings. The number of benzene rings is 1. The average molecular weight is 344 g/mol. The van der Waals surface area contributed by atoms with Crippen LogP contribution in [0.5, 0.6) is 5.75 Å². The van der Waals surface area contributed by atoms with E-state index in [-0.39, 0.29) is 11.7 Å². The third-order valence-electron chi connectivity index (χ3n) is 3.54. The van der Waals surface area contributed by atoms with Crippen LogP contribution in [-0.2, 0) is 4.79 Å². The Morgan fingerprint density at radius 3 is 2.40 bits per heavy atom. The number of aromatic nitrogens is 3. The van der Waals surface area contributed by atoms with E-state index in [1.807, 2.05) is 34.6 Å². The first-order valence-corrected chi connectivity index (χ1v) is 8.14. The second kappa shape index (κ2) is 7.46. The molecule has 0 aliphatic rings. The number of ketones is 1. The first-order valence-electron chi connectivity index (χ1n) is 8.14. The Labute approximate surface area is 147 Å². The zero-order valence-electron chi connectivity index (χ0n) is 15.2. The first kappa shape index (κ1) is 18.6. The Bertz CT molecular complexity index is 729. The molecule has 0 spiro atoms. The van der Waals surface area contributed by atoms with E-state index < -0.39 is 11.8 Å². The van der Waals surface area contributed by atoms with E-state index in [1.165, 1.54) is 23.6 Å². The second-order valence-electron chi connectivity index (χ2n) is 7.10. The summed E-state index contributed by atoms with van der Waals surface area (Å²) in [4.78, 5) is 16.3. The number of carbonyl (C=O) groups is 1. The number of hydroxylamine groups is 1. The fourth-order valence-electron chi connectivity index (χ4n) is 1.96. The Hall–Kier alpha value is -2.70. The number of hydrogen-bond donors (Lipinski definition) is 0. The molecule has 0 radical (unpaired) electrons. The highest BCUT2D eigenvalue weighted by Crippen LogP contribution is 2.20. The molecule has 0 aliphatic carbocycles. The van der Waals surface area contributed by atoms with Gasteiger partial charge in [0.25, 0.3) is 6.23 Å². The van der Waals surface area contributed by atoms with Crippen LogP contribution in [0, 0.1) is 11.1 Å². The topological polar surface area (TPSA) is 83.1 Å². The first-order chi connectivity index (χ1) is 11.7. The summed E-state index contributed by atoms with van der Waals surface area (Å²) in [6.07, 6.45) is 3.46. The molecule has 0 bridgehead atoms. The van der Waals surface area contributed by atoms with Crippen LogP contribution in [-0.4, -0.2) is 37.0 Å². The van der Waals surface area contributed by atoms with E-state index in [9.17, 15) is 10.0 Å². The molecule has 0 saturated carbocycles. The Morgan fingerprint density at radius 1 is 1.28 bits per heavy atom. The summed E-state index contributed by atoms with van der Waals surface area (Å²) in [5.74, 6) is 0.210. The zero-order valence-corrected chi connectivity index (χ0v) is 15.2. The van der Waals surface area contributed by atoms with Gasteiger partial charge in [-0.25, -0.2) is 14.4 Å². The summed E-state index contributed by atoms with van der Waals surface area (Å²) in [6, 6.07) is 6.98. The predicted molar refractivity (Wildman–Crippen MR) is 94.5 cm³/mol. The van der Waals surface area contributed by atoms with Crippen LogP contribution in [0.25, 0.3) is 0 Å². The average Bonchev–Trinajstić information content (AvgIpc) is 3.06. The summed E-state index contributed by atoms with van der Waals surface area (Å²) in [7, 11) is 0. The van der Waals surface area contributed by atoms with Crippen molar-refractivity contribution < 1.29 is 14.3 Å². The molecule has 0 amide bonds. The molecule has 134 valence electrons. The lowest BCUT2D eigenvalue weighted by atomic mass is 10.1. The number of ether oxygens (including phenoxy) is 1. The molecule has 1 aromatic carbocycles. The quantitative estimate of drug-likeness (QED) is 0.348. The van der Waals surface area contributed by atoms with E-state index in [1.54, 1.807) is 24.3 Å². The molecule has 1 unspecified atom stereocenters.